The molecule has 0 saturated carbocycles. The van der Waals surface area contributed by atoms with Gasteiger partial charge in [-0.3, -0.25) is 0 Å². The van der Waals surface area contributed by atoms with Crippen LogP contribution in [0.1, 0.15) is 6.92 Å². The molecule has 0 bridgehead atoms. The van der Waals surface area contributed by atoms with Crippen LogP contribution in [0, 0.1) is 0 Å². The van der Waals surface area contributed by atoms with E-state index in [1.54, 1.807) is 0 Å². The summed E-state index contributed by atoms with van der Waals surface area (Å²) in [4.78, 5) is 0. The Kier molecular flexibility index (Phi) is 5.85. The predicted molar refractivity (Wildman–Crippen MR) is 111 cm³/mol. The molecule has 24 heavy (non-hydrogen) atoms. The molecule has 3 aromatic rings. The molecule has 0 aromatic heterocycles. The van der Waals surface area contributed by atoms with Gasteiger partial charge in [-0.1, -0.05) is 0 Å². The molecule has 0 nitrogen and oxygen atoms in total. The SMILES string of the molecule is C=[C](SCC)[Sn]([c]1ccccc1)([c]1ccccc1)[c]1ccccc1. The average Bonchev–Trinajstić information content (AvgIpc) is 2.65. The van der Waals surface area contributed by atoms with Gasteiger partial charge in [-0.05, 0) is 0 Å². The van der Waals surface area contributed by atoms with E-state index in [-0.39, 0.29) is 0 Å². The van der Waals surface area contributed by atoms with Gasteiger partial charge in [-0.25, -0.2) is 0 Å². The summed E-state index contributed by atoms with van der Waals surface area (Å²) in [7, 11) is 0. The molecule has 0 unspecified atom stereocenters. The molecule has 0 atom stereocenters. The topological polar surface area (TPSA) is 0 Å². The molecule has 0 aliphatic heterocycles. The summed E-state index contributed by atoms with van der Waals surface area (Å²) in [6.07, 6.45) is 0. The molecule has 0 saturated heterocycles. The van der Waals surface area contributed by atoms with Gasteiger partial charge in [0.1, 0.15) is 0 Å². The third-order valence-corrected chi connectivity index (χ3v) is 20.9. The van der Waals surface area contributed by atoms with Gasteiger partial charge >= 0.3 is 154 Å². The first-order valence-corrected chi connectivity index (χ1v) is 15.0. The second-order valence-corrected chi connectivity index (χ2v) is 19.0. The standard InChI is InChI=1S/3C6H5.C4H7S.Sn/c3*1-2-4-6-5-3-1;1-3-5-4-2;/h3*1-5H;1,4H2,2H3;. The predicted octanol–water partition coefficient (Wildman–Crippen LogP) is 3.96. The summed E-state index contributed by atoms with van der Waals surface area (Å²) >= 11 is -1.35. The Bertz CT molecular complexity index is 685. The third kappa shape index (κ3) is 3.20. The first-order chi connectivity index (χ1) is 11.8. The zero-order valence-corrected chi connectivity index (χ0v) is 17.7. The van der Waals surface area contributed by atoms with Crippen LogP contribution in [0.4, 0.5) is 0 Å². The van der Waals surface area contributed by atoms with Gasteiger partial charge in [0.25, 0.3) is 0 Å². The van der Waals surface area contributed by atoms with Gasteiger partial charge in [-0.2, -0.15) is 0 Å². The van der Waals surface area contributed by atoms with Crippen molar-refractivity contribution in [3.8, 4) is 0 Å². The van der Waals surface area contributed by atoms with Crippen LogP contribution in [0.25, 0.3) is 0 Å². The summed E-state index contributed by atoms with van der Waals surface area (Å²) in [5, 5.41) is 0. The molecule has 3 rings (SSSR count). The Morgan fingerprint density at radius 2 is 1.04 bits per heavy atom. The van der Waals surface area contributed by atoms with Crippen LogP contribution in [-0.4, -0.2) is 24.1 Å². The van der Waals surface area contributed by atoms with Crippen molar-refractivity contribution >= 4 is 40.9 Å². The van der Waals surface area contributed by atoms with Gasteiger partial charge in [0, 0.05) is 0 Å². The Balaban J connectivity index is 2.35. The second kappa shape index (κ2) is 8.08. The van der Waals surface area contributed by atoms with Crippen LogP contribution in [-0.2, 0) is 0 Å². The Hall–Kier alpha value is -1.45. The fourth-order valence-electron chi connectivity index (χ4n) is 3.33. The molecule has 0 aliphatic carbocycles. The number of hydrogen-bond acceptors (Lipinski definition) is 1. The molecular weight excluding hydrogens is 415 g/mol. The van der Waals surface area contributed by atoms with E-state index in [0.717, 1.165) is 5.75 Å². The van der Waals surface area contributed by atoms with E-state index in [4.69, 9.17) is 0 Å². The maximum atomic E-state index is 4.60. The summed E-state index contributed by atoms with van der Waals surface area (Å²) in [6, 6.07) is 33.1. The molecule has 2 heteroatoms. The zero-order chi connectivity index (χ0) is 16.8. The minimum absolute atomic E-state index is 1.06. The van der Waals surface area contributed by atoms with Crippen LogP contribution in [0.2, 0.25) is 0 Å². The van der Waals surface area contributed by atoms with Gasteiger partial charge in [-0.15, -0.1) is 0 Å². The van der Waals surface area contributed by atoms with E-state index in [1.165, 1.54) is 13.7 Å². The monoisotopic (exact) mass is 438 g/mol. The molecule has 0 amide bonds. The van der Waals surface area contributed by atoms with Crippen molar-refractivity contribution < 1.29 is 0 Å². The zero-order valence-electron chi connectivity index (χ0n) is 14.0. The fourth-order valence-corrected chi connectivity index (χ4v) is 20.9. The molecule has 120 valence electrons. The van der Waals surface area contributed by atoms with Crippen LogP contribution in [0.15, 0.2) is 100 Å². The van der Waals surface area contributed by atoms with E-state index in [2.05, 4.69) is 104 Å². The Morgan fingerprint density at radius 3 is 1.33 bits per heavy atom. The Labute approximate surface area is 153 Å². The van der Waals surface area contributed by atoms with Crippen molar-refractivity contribution in [2.75, 3.05) is 5.75 Å². The molecule has 0 heterocycles. The van der Waals surface area contributed by atoms with Crippen molar-refractivity contribution in [2.45, 2.75) is 6.92 Å². The van der Waals surface area contributed by atoms with Crippen LogP contribution < -0.4 is 10.7 Å². The normalized spacial score (nSPS) is 11.2. The van der Waals surface area contributed by atoms with Crippen LogP contribution in [0.5, 0.6) is 0 Å². The van der Waals surface area contributed by atoms with E-state index in [1.807, 2.05) is 11.8 Å². The number of rotatable bonds is 6. The van der Waals surface area contributed by atoms with Crippen molar-refractivity contribution in [1.82, 2.24) is 0 Å². The molecule has 0 radical (unpaired) electrons. The van der Waals surface area contributed by atoms with Gasteiger partial charge in [0.05, 0.1) is 0 Å². The summed E-state index contributed by atoms with van der Waals surface area (Å²) < 4.78 is 5.77. The molecule has 0 spiro atoms. The molecule has 0 aliphatic rings. The second-order valence-electron chi connectivity index (χ2n) is 5.70. The van der Waals surface area contributed by atoms with E-state index in [0.29, 0.717) is 0 Å². The number of thioether (sulfide) groups is 1. The maximum absolute atomic E-state index is 4.60. The van der Waals surface area contributed by atoms with E-state index in [9.17, 15) is 0 Å². The molecule has 0 N–H and O–H groups in total. The van der Waals surface area contributed by atoms with Crippen LogP contribution >= 0.6 is 11.8 Å². The third-order valence-electron chi connectivity index (χ3n) is 4.36. The minimum atomic E-state index is -3.27. The van der Waals surface area contributed by atoms with Crippen molar-refractivity contribution in [1.29, 1.82) is 0 Å². The Morgan fingerprint density at radius 1 is 0.708 bits per heavy atom. The summed E-state index contributed by atoms with van der Waals surface area (Å²) in [6.45, 7) is 6.82. The molecular formula is C22H22SSn. The van der Waals surface area contributed by atoms with Gasteiger partial charge in [0.15, 0.2) is 0 Å². The van der Waals surface area contributed by atoms with Crippen molar-refractivity contribution in [2.24, 2.45) is 0 Å². The van der Waals surface area contributed by atoms with Crippen molar-refractivity contribution in [3.63, 3.8) is 0 Å². The fraction of sp³-hybridized carbons (Fsp3) is 0.0909. The summed E-state index contributed by atoms with van der Waals surface area (Å²) in [5.74, 6) is 1.06. The first kappa shape index (κ1) is 17.4. The summed E-state index contributed by atoms with van der Waals surface area (Å²) in [5.41, 5.74) is 0. The van der Waals surface area contributed by atoms with Gasteiger partial charge < -0.3 is 0 Å². The van der Waals surface area contributed by atoms with E-state index >= 15 is 0 Å². The molecule has 0 fully saturated rings. The van der Waals surface area contributed by atoms with Crippen molar-refractivity contribution in [3.05, 3.63) is 100 Å². The van der Waals surface area contributed by atoms with Gasteiger partial charge in [0.2, 0.25) is 0 Å². The number of hydrogen-bond donors (Lipinski definition) is 0. The number of benzene rings is 3. The quantitative estimate of drug-likeness (QED) is 0.527. The molecule has 3 aromatic carbocycles. The first-order valence-electron chi connectivity index (χ1n) is 8.29. The average molecular weight is 437 g/mol. The van der Waals surface area contributed by atoms with E-state index < -0.39 is 18.4 Å². The van der Waals surface area contributed by atoms with Crippen LogP contribution in [0.3, 0.4) is 0 Å².